The van der Waals surface area contributed by atoms with Crippen LogP contribution in [0.3, 0.4) is 0 Å². The molecule has 0 saturated carbocycles. The molecule has 1 fully saturated rings. The number of ether oxygens (including phenoxy) is 3. The minimum atomic E-state index is -0.406. The van der Waals surface area contributed by atoms with Crippen molar-refractivity contribution >= 4 is 6.29 Å². The number of hydrogen-bond donors (Lipinski definition) is 0. The number of carbonyl (C=O) groups is 1. The lowest BCUT2D eigenvalue weighted by molar-refractivity contribution is -0.249. The molecule has 1 aromatic carbocycles. The second-order valence-electron chi connectivity index (χ2n) is 5.20. The predicted molar refractivity (Wildman–Crippen MR) is 75.6 cm³/mol. The predicted octanol–water partition coefficient (Wildman–Crippen LogP) is 2.97. The molecule has 0 radical (unpaired) electrons. The molecule has 2 rings (SSSR count). The number of rotatable bonds is 5. The zero-order valence-corrected chi connectivity index (χ0v) is 12.2. The zero-order chi connectivity index (χ0) is 14.5. The Bertz CT molecular complexity index is 429. The van der Waals surface area contributed by atoms with Crippen molar-refractivity contribution in [1.82, 2.24) is 0 Å². The van der Waals surface area contributed by atoms with E-state index in [1.54, 1.807) is 7.11 Å². The van der Waals surface area contributed by atoms with Crippen molar-refractivity contribution in [2.75, 3.05) is 13.7 Å². The van der Waals surface area contributed by atoms with Gasteiger partial charge in [-0.3, -0.25) is 0 Å². The minimum Gasteiger partial charge on any atom is -0.497 e. The first-order valence-corrected chi connectivity index (χ1v) is 7.05. The fraction of sp³-hybridized carbons (Fsp3) is 0.562. The first-order chi connectivity index (χ1) is 9.69. The van der Waals surface area contributed by atoms with Crippen LogP contribution >= 0.6 is 0 Å². The van der Waals surface area contributed by atoms with Gasteiger partial charge in [-0.05, 0) is 18.6 Å². The molecule has 1 aromatic rings. The highest BCUT2D eigenvalue weighted by Crippen LogP contribution is 2.34. The lowest BCUT2D eigenvalue weighted by atomic mass is 9.90. The Morgan fingerprint density at radius 1 is 1.40 bits per heavy atom. The molecule has 4 nitrogen and oxygen atoms in total. The molecular weight excluding hydrogens is 256 g/mol. The first-order valence-electron chi connectivity index (χ1n) is 7.05. The van der Waals surface area contributed by atoms with E-state index >= 15 is 0 Å². The Morgan fingerprint density at radius 3 is 2.65 bits per heavy atom. The van der Waals surface area contributed by atoms with Crippen LogP contribution in [0.5, 0.6) is 5.75 Å². The Hall–Kier alpha value is -1.39. The van der Waals surface area contributed by atoms with Gasteiger partial charge in [0, 0.05) is 17.4 Å². The number of carbonyl (C=O) groups excluding carboxylic acids is 1. The number of aldehydes is 1. The van der Waals surface area contributed by atoms with Crippen molar-refractivity contribution in [1.29, 1.82) is 0 Å². The largest absolute Gasteiger partial charge is 0.497 e. The summed E-state index contributed by atoms with van der Waals surface area (Å²) in [5.41, 5.74) is 0.948. The van der Waals surface area contributed by atoms with Crippen molar-refractivity contribution in [3.8, 4) is 5.75 Å². The minimum absolute atomic E-state index is 0.0849. The van der Waals surface area contributed by atoms with Crippen molar-refractivity contribution in [2.45, 2.75) is 32.7 Å². The molecule has 0 N–H and O–H groups in total. The van der Waals surface area contributed by atoms with Crippen LogP contribution in [0.4, 0.5) is 0 Å². The summed E-state index contributed by atoms with van der Waals surface area (Å²) < 4.78 is 16.9. The summed E-state index contributed by atoms with van der Waals surface area (Å²) in [5.74, 6) is 0.947. The average molecular weight is 278 g/mol. The van der Waals surface area contributed by atoms with E-state index in [9.17, 15) is 4.79 Å². The van der Waals surface area contributed by atoms with Crippen LogP contribution in [-0.2, 0) is 14.3 Å². The van der Waals surface area contributed by atoms with Crippen LogP contribution in [0, 0.1) is 11.8 Å². The fourth-order valence-corrected chi connectivity index (χ4v) is 2.52. The highest BCUT2D eigenvalue weighted by molar-refractivity contribution is 5.53. The quantitative estimate of drug-likeness (QED) is 0.777. The summed E-state index contributed by atoms with van der Waals surface area (Å²) in [6.07, 6.45) is 1.41. The molecule has 110 valence electrons. The third-order valence-corrected chi connectivity index (χ3v) is 3.85. The number of benzene rings is 1. The normalized spacial score (nSPS) is 27.9. The molecule has 1 heterocycles. The number of methoxy groups -OCH3 is 1. The molecule has 0 amide bonds. The summed E-state index contributed by atoms with van der Waals surface area (Å²) in [7, 11) is 1.64. The van der Waals surface area contributed by atoms with E-state index in [1.165, 1.54) is 0 Å². The Morgan fingerprint density at radius 2 is 2.10 bits per heavy atom. The van der Waals surface area contributed by atoms with Gasteiger partial charge in [-0.2, -0.15) is 0 Å². The summed E-state index contributed by atoms with van der Waals surface area (Å²) in [5, 5.41) is 0. The molecule has 1 aliphatic rings. The second kappa shape index (κ2) is 6.86. The SMILES string of the molecule is CC[C@@H]1COC(c2ccc(OC)cc2)O[C@@H]1[C@H](C)C=O. The smallest absolute Gasteiger partial charge is 0.184 e. The molecule has 0 bridgehead atoms. The van der Waals surface area contributed by atoms with Crippen molar-refractivity contribution in [2.24, 2.45) is 11.8 Å². The lowest BCUT2D eigenvalue weighted by Crippen LogP contribution is -2.40. The van der Waals surface area contributed by atoms with Gasteiger partial charge in [-0.1, -0.05) is 26.0 Å². The topological polar surface area (TPSA) is 44.8 Å². The van der Waals surface area contributed by atoms with Gasteiger partial charge in [0.2, 0.25) is 0 Å². The summed E-state index contributed by atoms with van der Waals surface area (Å²) in [4.78, 5) is 11.1. The molecule has 0 aliphatic carbocycles. The van der Waals surface area contributed by atoms with Gasteiger partial charge in [0.1, 0.15) is 12.0 Å². The van der Waals surface area contributed by atoms with Crippen LogP contribution in [-0.4, -0.2) is 26.1 Å². The third-order valence-electron chi connectivity index (χ3n) is 3.85. The van der Waals surface area contributed by atoms with Crippen molar-refractivity contribution < 1.29 is 19.0 Å². The van der Waals surface area contributed by atoms with Crippen molar-refractivity contribution in [3.05, 3.63) is 29.8 Å². The summed E-state index contributed by atoms with van der Waals surface area (Å²) >= 11 is 0. The third kappa shape index (κ3) is 3.19. The maximum atomic E-state index is 11.1. The number of hydrogen-bond acceptors (Lipinski definition) is 4. The van der Waals surface area contributed by atoms with E-state index in [1.807, 2.05) is 31.2 Å². The maximum absolute atomic E-state index is 11.1. The van der Waals surface area contributed by atoms with E-state index in [0.717, 1.165) is 24.0 Å². The Balaban J connectivity index is 2.11. The molecule has 1 aliphatic heterocycles. The fourth-order valence-electron chi connectivity index (χ4n) is 2.52. The molecule has 1 saturated heterocycles. The molecule has 4 atom stereocenters. The molecule has 0 aromatic heterocycles. The van der Waals surface area contributed by atoms with Crippen LogP contribution in [0.1, 0.15) is 32.1 Å². The lowest BCUT2D eigenvalue weighted by Gasteiger charge is -2.38. The van der Waals surface area contributed by atoms with Gasteiger partial charge in [-0.25, -0.2) is 0 Å². The maximum Gasteiger partial charge on any atom is 0.184 e. The van der Waals surface area contributed by atoms with E-state index in [2.05, 4.69) is 6.92 Å². The highest BCUT2D eigenvalue weighted by Gasteiger charge is 2.35. The van der Waals surface area contributed by atoms with E-state index in [-0.39, 0.29) is 17.9 Å². The van der Waals surface area contributed by atoms with Gasteiger partial charge >= 0.3 is 0 Å². The average Bonchev–Trinajstić information content (AvgIpc) is 2.53. The van der Waals surface area contributed by atoms with Crippen LogP contribution in [0.15, 0.2) is 24.3 Å². The van der Waals surface area contributed by atoms with E-state index < -0.39 is 6.29 Å². The summed E-state index contributed by atoms with van der Waals surface area (Å²) in [6.45, 7) is 4.61. The molecule has 1 unspecified atom stereocenters. The Kier molecular flexibility index (Phi) is 5.15. The molecule has 0 spiro atoms. The van der Waals surface area contributed by atoms with Gasteiger partial charge in [0.25, 0.3) is 0 Å². The van der Waals surface area contributed by atoms with E-state index in [4.69, 9.17) is 14.2 Å². The van der Waals surface area contributed by atoms with Crippen molar-refractivity contribution in [3.63, 3.8) is 0 Å². The van der Waals surface area contributed by atoms with Crippen LogP contribution < -0.4 is 4.74 Å². The van der Waals surface area contributed by atoms with Gasteiger partial charge in [0.15, 0.2) is 6.29 Å². The van der Waals surface area contributed by atoms with Gasteiger partial charge in [0.05, 0.1) is 19.8 Å². The standard InChI is InChI=1S/C16H22O4/c1-4-12-10-19-16(20-15(12)11(2)9-17)13-5-7-14(18-3)8-6-13/h5-9,11-12,15-16H,4,10H2,1-3H3/t11-,12-,15-,16?/m1/s1. The van der Waals surface area contributed by atoms with E-state index in [0.29, 0.717) is 6.61 Å². The zero-order valence-electron chi connectivity index (χ0n) is 12.2. The summed E-state index contributed by atoms with van der Waals surface area (Å²) in [6, 6.07) is 7.62. The molecule has 20 heavy (non-hydrogen) atoms. The van der Waals surface area contributed by atoms with Crippen LogP contribution in [0.2, 0.25) is 0 Å². The van der Waals surface area contributed by atoms with Gasteiger partial charge in [-0.15, -0.1) is 0 Å². The van der Waals surface area contributed by atoms with Crippen LogP contribution in [0.25, 0.3) is 0 Å². The Labute approximate surface area is 120 Å². The monoisotopic (exact) mass is 278 g/mol. The second-order valence-corrected chi connectivity index (χ2v) is 5.20. The molecular formula is C16H22O4. The van der Waals surface area contributed by atoms with Gasteiger partial charge < -0.3 is 19.0 Å². The molecule has 4 heteroatoms. The highest BCUT2D eigenvalue weighted by atomic mass is 16.7. The first kappa shape index (κ1) is 15.0.